The molecule has 0 saturated heterocycles. The predicted octanol–water partition coefficient (Wildman–Crippen LogP) is 3.26. The van der Waals surface area contributed by atoms with Crippen molar-refractivity contribution in [1.82, 2.24) is 10.6 Å². The van der Waals surface area contributed by atoms with Crippen LogP contribution < -0.4 is 10.6 Å². The van der Waals surface area contributed by atoms with E-state index in [1.807, 2.05) is 0 Å². The van der Waals surface area contributed by atoms with Crippen LogP contribution in [0.2, 0.25) is 5.02 Å². The standard InChI is InChI=1S/C19H25ClN2O4/c1-11(21-18(25)26-19(2,3)4)15(23)10-12-6-5-7-14(20)16(12)17(24)22-13-8-9-13/h5-7,11,13H,8-10H2,1-4H3,(H,21,25)(H,22,24). The number of Topliss-reactive ketones (excluding diaryl/α,β-unsaturated/α-hetero) is 1. The van der Waals surface area contributed by atoms with Crippen LogP contribution in [0.5, 0.6) is 0 Å². The highest BCUT2D eigenvalue weighted by Crippen LogP contribution is 2.24. The van der Waals surface area contributed by atoms with Crippen molar-refractivity contribution >= 4 is 29.4 Å². The Balaban J connectivity index is 2.05. The molecule has 2 amide bonds. The first-order valence-corrected chi connectivity index (χ1v) is 9.05. The Morgan fingerprint density at radius 3 is 2.50 bits per heavy atom. The SMILES string of the molecule is CC(NC(=O)OC(C)(C)C)C(=O)Cc1cccc(Cl)c1C(=O)NC1CC1. The van der Waals surface area contributed by atoms with Crippen molar-refractivity contribution in [2.75, 3.05) is 0 Å². The van der Waals surface area contributed by atoms with E-state index in [9.17, 15) is 14.4 Å². The van der Waals surface area contributed by atoms with E-state index in [2.05, 4.69) is 10.6 Å². The molecule has 0 aliphatic heterocycles. The van der Waals surface area contributed by atoms with Gasteiger partial charge in [-0.25, -0.2) is 4.79 Å². The molecule has 7 heteroatoms. The number of benzene rings is 1. The van der Waals surface area contributed by atoms with Crippen molar-refractivity contribution < 1.29 is 19.1 Å². The molecule has 1 aromatic carbocycles. The van der Waals surface area contributed by atoms with E-state index in [1.54, 1.807) is 45.9 Å². The normalized spacial score (nSPS) is 15.1. The maximum Gasteiger partial charge on any atom is 0.408 e. The third-order valence-corrected chi connectivity index (χ3v) is 4.14. The van der Waals surface area contributed by atoms with Crippen LogP contribution in [0.3, 0.4) is 0 Å². The number of hydrogen-bond acceptors (Lipinski definition) is 4. The monoisotopic (exact) mass is 380 g/mol. The number of nitrogens with one attached hydrogen (secondary N) is 2. The molecule has 26 heavy (non-hydrogen) atoms. The van der Waals surface area contributed by atoms with Crippen LogP contribution in [0, 0.1) is 0 Å². The zero-order valence-electron chi connectivity index (χ0n) is 15.5. The zero-order chi connectivity index (χ0) is 19.5. The topological polar surface area (TPSA) is 84.5 Å². The number of alkyl carbamates (subject to hydrolysis) is 1. The van der Waals surface area contributed by atoms with E-state index in [-0.39, 0.29) is 24.2 Å². The average Bonchev–Trinajstić information content (AvgIpc) is 3.28. The zero-order valence-corrected chi connectivity index (χ0v) is 16.3. The summed E-state index contributed by atoms with van der Waals surface area (Å²) in [5.41, 5.74) is 0.214. The number of hydrogen-bond donors (Lipinski definition) is 2. The molecule has 1 fully saturated rings. The molecule has 0 spiro atoms. The van der Waals surface area contributed by atoms with Crippen molar-refractivity contribution in [3.8, 4) is 0 Å². The number of carbonyl (C=O) groups is 3. The average molecular weight is 381 g/mol. The summed E-state index contributed by atoms with van der Waals surface area (Å²) in [7, 11) is 0. The van der Waals surface area contributed by atoms with E-state index in [0.29, 0.717) is 16.1 Å². The van der Waals surface area contributed by atoms with Crippen molar-refractivity contribution in [1.29, 1.82) is 0 Å². The van der Waals surface area contributed by atoms with E-state index in [4.69, 9.17) is 16.3 Å². The highest BCUT2D eigenvalue weighted by Gasteiger charge is 2.27. The van der Waals surface area contributed by atoms with Crippen molar-refractivity contribution in [2.24, 2.45) is 0 Å². The molecule has 0 aromatic heterocycles. The molecular formula is C19H25ClN2O4. The van der Waals surface area contributed by atoms with E-state index in [0.717, 1.165) is 12.8 Å². The second kappa shape index (κ2) is 8.08. The minimum Gasteiger partial charge on any atom is -0.444 e. The van der Waals surface area contributed by atoms with Crippen molar-refractivity contribution in [2.45, 2.75) is 64.6 Å². The highest BCUT2D eigenvalue weighted by atomic mass is 35.5. The number of ether oxygens (including phenoxy) is 1. The fourth-order valence-corrected chi connectivity index (χ4v) is 2.64. The number of ketones is 1. The first kappa shape index (κ1) is 20.2. The summed E-state index contributed by atoms with van der Waals surface area (Å²) < 4.78 is 5.15. The molecule has 1 aromatic rings. The molecule has 6 nitrogen and oxygen atoms in total. The third-order valence-electron chi connectivity index (χ3n) is 3.82. The lowest BCUT2D eigenvalue weighted by atomic mass is 9.99. The Bertz CT molecular complexity index is 708. The molecule has 2 rings (SSSR count). The van der Waals surface area contributed by atoms with Gasteiger partial charge in [0.1, 0.15) is 5.60 Å². The molecule has 1 aliphatic rings. The molecule has 1 saturated carbocycles. The molecule has 142 valence electrons. The van der Waals surface area contributed by atoms with Gasteiger partial charge in [0.2, 0.25) is 0 Å². The second-order valence-corrected chi connectivity index (χ2v) is 7.94. The minimum absolute atomic E-state index is 0.00898. The van der Waals surface area contributed by atoms with Gasteiger partial charge in [-0.3, -0.25) is 9.59 Å². The molecule has 1 atom stereocenters. The lowest BCUT2D eigenvalue weighted by Crippen LogP contribution is -2.42. The van der Waals surface area contributed by atoms with Gasteiger partial charge in [-0.1, -0.05) is 23.7 Å². The summed E-state index contributed by atoms with van der Waals surface area (Å²) in [5.74, 6) is -0.507. The quantitative estimate of drug-likeness (QED) is 0.793. The molecule has 1 unspecified atom stereocenters. The molecule has 0 radical (unpaired) electrons. The number of carbonyl (C=O) groups excluding carboxylic acids is 3. The highest BCUT2D eigenvalue weighted by molar-refractivity contribution is 6.34. The number of halogens is 1. The van der Waals surface area contributed by atoms with Gasteiger partial charge in [-0.05, 0) is 52.2 Å². The van der Waals surface area contributed by atoms with Gasteiger partial charge in [0.05, 0.1) is 16.6 Å². The summed E-state index contributed by atoms with van der Waals surface area (Å²) in [6, 6.07) is 4.47. The molecule has 1 aliphatic carbocycles. The Morgan fingerprint density at radius 2 is 1.92 bits per heavy atom. The van der Waals surface area contributed by atoms with Crippen LogP contribution in [-0.2, 0) is 16.0 Å². The Morgan fingerprint density at radius 1 is 1.27 bits per heavy atom. The second-order valence-electron chi connectivity index (χ2n) is 7.53. The van der Waals surface area contributed by atoms with Gasteiger partial charge in [0.15, 0.2) is 5.78 Å². The Labute approximate surface area is 158 Å². The fourth-order valence-electron chi connectivity index (χ4n) is 2.36. The van der Waals surface area contributed by atoms with Gasteiger partial charge in [-0.15, -0.1) is 0 Å². The molecule has 2 N–H and O–H groups in total. The van der Waals surface area contributed by atoms with Gasteiger partial charge in [0, 0.05) is 12.5 Å². The first-order chi connectivity index (χ1) is 12.1. The van der Waals surface area contributed by atoms with E-state index >= 15 is 0 Å². The molecular weight excluding hydrogens is 356 g/mol. The van der Waals surface area contributed by atoms with Gasteiger partial charge < -0.3 is 15.4 Å². The third kappa shape index (κ3) is 6.02. The summed E-state index contributed by atoms with van der Waals surface area (Å²) in [6.07, 6.45) is 1.25. The molecule has 0 heterocycles. The van der Waals surface area contributed by atoms with Crippen LogP contribution in [0.4, 0.5) is 4.79 Å². The van der Waals surface area contributed by atoms with Gasteiger partial charge >= 0.3 is 6.09 Å². The van der Waals surface area contributed by atoms with Gasteiger partial charge in [0.25, 0.3) is 5.91 Å². The summed E-state index contributed by atoms with van der Waals surface area (Å²) in [4.78, 5) is 36.7. The van der Waals surface area contributed by atoms with E-state index < -0.39 is 17.7 Å². The lowest BCUT2D eigenvalue weighted by molar-refractivity contribution is -0.120. The van der Waals surface area contributed by atoms with E-state index in [1.165, 1.54) is 0 Å². The van der Waals surface area contributed by atoms with Crippen molar-refractivity contribution in [3.63, 3.8) is 0 Å². The van der Waals surface area contributed by atoms with Gasteiger partial charge in [-0.2, -0.15) is 0 Å². The summed E-state index contributed by atoms with van der Waals surface area (Å²) in [6.45, 7) is 6.82. The Hall–Kier alpha value is -2.08. The molecule has 0 bridgehead atoms. The summed E-state index contributed by atoms with van der Waals surface area (Å²) >= 11 is 6.19. The van der Waals surface area contributed by atoms with Crippen LogP contribution in [0.15, 0.2) is 18.2 Å². The number of amides is 2. The maximum absolute atomic E-state index is 12.5. The minimum atomic E-state index is -0.747. The van der Waals surface area contributed by atoms with Crippen LogP contribution in [0.1, 0.15) is 56.5 Å². The lowest BCUT2D eigenvalue weighted by Gasteiger charge is -2.21. The van der Waals surface area contributed by atoms with Crippen LogP contribution in [-0.4, -0.2) is 35.5 Å². The largest absolute Gasteiger partial charge is 0.444 e. The number of rotatable bonds is 6. The fraction of sp³-hybridized carbons (Fsp3) is 0.526. The smallest absolute Gasteiger partial charge is 0.408 e. The predicted molar refractivity (Wildman–Crippen MR) is 99.5 cm³/mol. The van der Waals surface area contributed by atoms with Crippen LogP contribution >= 0.6 is 11.6 Å². The van der Waals surface area contributed by atoms with Crippen molar-refractivity contribution in [3.05, 3.63) is 34.3 Å². The maximum atomic E-state index is 12.5. The Kier molecular flexibility index (Phi) is 6.29. The summed E-state index contributed by atoms with van der Waals surface area (Å²) in [5, 5.41) is 5.71. The first-order valence-electron chi connectivity index (χ1n) is 8.67. The van der Waals surface area contributed by atoms with Crippen LogP contribution in [0.25, 0.3) is 0 Å².